The summed E-state index contributed by atoms with van der Waals surface area (Å²) in [4.78, 5) is 30.7. The first-order valence-electron chi connectivity index (χ1n) is 15.1. The summed E-state index contributed by atoms with van der Waals surface area (Å²) in [7, 11) is 1.73. The molecule has 234 valence electrons. The van der Waals surface area contributed by atoms with E-state index >= 15 is 0 Å². The molecule has 0 bridgehead atoms. The van der Waals surface area contributed by atoms with Crippen LogP contribution in [0.1, 0.15) is 35.0 Å². The van der Waals surface area contributed by atoms with Gasteiger partial charge >= 0.3 is 11.7 Å². The zero-order valence-electron chi connectivity index (χ0n) is 26.3. The third-order valence-corrected chi connectivity index (χ3v) is 7.86. The van der Waals surface area contributed by atoms with Gasteiger partial charge in [0.2, 0.25) is 11.8 Å². The van der Waals surface area contributed by atoms with E-state index in [2.05, 4.69) is 0 Å². The van der Waals surface area contributed by atoms with Crippen molar-refractivity contribution in [3.8, 4) is 23.1 Å². The fourth-order valence-corrected chi connectivity index (χ4v) is 5.46. The number of nitrogens with zero attached hydrogens (tertiary/aromatic N) is 5. The molecule has 3 aromatic heterocycles. The van der Waals surface area contributed by atoms with Gasteiger partial charge in [0.25, 0.3) is 0 Å². The van der Waals surface area contributed by atoms with Crippen molar-refractivity contribution in [3.05, 3.63) is 130 Å². The quantitative estimate of drug-likeness (QED) is 0.170. The van der Waals surface area contributed by atoms with Crippen molar-refractivity contribution in [2.24, 2.45) is 7.05 Å². The minimum absolute atomic E-state index is 0.145. The van der Waals surface area contributed by atoms with E-state index in [9.17, 15) is 9.59 Å². The monoisotopic (exact) mass is 617 g/mol. The highest BCUT2D eigenvalue weighted by Gasteiger charge is 2.21. The Labute approximate surface area is 266 Å². The van der Waals surface area contributed by atoms with E-state index < -0.39 is 0 Å². The molecule has 0 atom stereocenters. The fraction of sp³-hybridized carbons (Fsp3) is 0.222. The first kappa shape index (κ1) is 30.4. The van der Waals surface area contributed by atoms with Gasteiger partial charge in [0.05, 0.1) is 35.4 Å². The van der Waals surface area contributed by atoms with Crippen LogP contribution in [0.4, 0.5) is 0 Å². The number of pyridine rings is 1. The van der Waals surface area contributed by atoms with Crippen LogP contribution in [0.15, 0.2) is 95.8 Å². The number of esters is 1. The van der Waals surface area contributed by atoms with Crippen molar-refractivity contribution >= 4 is 17.0 Å². The van der Waals surface area contributed by atoms with Crippen LogP contribution in [0.3, 0.4) is 0 Å². The average molecular weight is 618 g/mol. The minimum Gasteiger partial charge on any atom is -0.473 e. The van der Waals surface area contributed by atoms with Crippen molar-refractivity contribution in [3.63, 3.8) is 0 Å². The molecule has 0 aliphatic rings. The zero-order valence-corrected chi connectivity index (χ0v) is 26.3. The Morgan fingerprint density at radius 3 is 2.17 bits per heavy atom. The summed E-state index contributed by atoms with van der Waals surface area (Å²) in [6.45, 7) is 6.52. The van der Waals surface area contributed by atoms with Crippen LogP contribution >= 0.6 is 0 Å². The number of carbonyl (C=O) groups is 1. The highest BCUT2D eigenvalue weighted by atomic mass is 16.5. The van der Waals surface area contributed by atoms with Gasteiger partial charge in [0, 0.05) is 24.4 Å². The van der Waals surface area contributed by atoms with Gasteiger partial charge in [-0.1, -0.05) is 60.7 Å². The predicted molar refractivity (Wildman–Crippen MR) is 175 cm³/mol. The Morgan fingerprint density at radius 1 is 0.826 bits per heavy atom. The standard InChI is InChI=1S/C36H35N5O5/c1-5-44-34(42)21-29-24(2)38-41(25(29)3)28-16-17-30-32(20-28)39(4)36(43)40(30)31-18-19-33(45-22-26-12-8-6-9-13-26)37-35(31)46-23-27-14-10-7-11-15-27/h6-20H,5,21-23H2,1-4H3. The molecule has 0 radical (unpaired) electrons. The molecular formula is C36H35N5O5. The van der Waals surface area contributed by atoms with Gasteiger partial charge in [-0.25, -0.2) is 9.48 Å². The molecule has 6 aromatic rings. The summed E-state index contributed by atoms with van der Waals surface area (Å²) in [5, 5.41) is 4.70. The maximum atomic E-state index is 13.8. The molecule has 0 unspecified atom stereocenters. The highest BCUT2D eigenvalue weighted by Crippen LogP contribution is 2.29. The summed E-state index contributed by atoms with van der Waals surface area (Å²) < 4.78 is 22.4. The number of aryl methyl sites for hydroxylation is 2. The van der Waals surface area contributed by atoms with Crippen LogP contribution in [0.2, 0.25) is 0 Å². The van der Waals surface area contributed by atoms with E-state index in [4.69, 9.17) is 24.3 Å². The van der Waals surface area contributed by atoms with Crippen molar-refractivity contribution in [1.82, 2.24) is 23.9 Å². The Balaban J connectivity index is 1.38. The van der Waals surface area contributed by atoms with E-state index in [0.717, 1.165) is 33.8 Å². The van der Waals surface area contributed by atoms with Crippen molar-refractivity contribution in [2.75, 3.05) is 6.61 Å². The molecule has 0 fully saturated rings. The lowest BCUT2D eigenvalue weighted by Gasteiger charge is -2.14. The normalized spacial score (nSPS) is 11.1. The summed E-state index contributed by atoms with van der Waals surface area (Å²) in [5.41, 5.74) is 6.76. The van der Waals surface area contributed by atoms with Crippen molar-refractivity contribution in [1.29, 1.82) is 0 Å². The van der Waals surface area contributed by atoms with Crippen LogP contribution in [0.5, 0.6) is 11.8 Å². The maximum absolute atomic E-state index is 13.8. The topological polar surface area (TPSA) is 102 Å². The lowest BCUT2D eigenvalue weighted by atomic mass is 10.1. The Hall–Kier alpha value is -5.64. The lowest BCUT2D eigenvalue weighted by molar-refractivity contribution is -0.142. The van der Waals surface area contributed by atoms with Gasteiger partial charge < -0.3 is 14.2 Å². The van der Waals surface area contributed by atoms with Crippen molar-refractivity contribution < 1.29 is 19.0 Å². The molecule has 10 nitrogen and oxygen atoms in total. The predicted octanol–water partition coefficient (Wildman–Crippen LogP) is 5.79. The number of imidazole rings is 1. The molecule has 6 rings (SSSR count). The number of carbonyl (C=O) groups excluding carboxylic acids is 1. The van der Waals surface area contributed by atoms with Crippen LogP contribution in [-0.4, -0.2) is 36.5 Å². The van der Waals surface area contributed by atoms with Gasteiger partial charge in [0.15, 0.2) is 0 Å². The SMILES string of the molecule is CCOC(=O)Cc1c(C)nn(-c2ccc3c(c2)n(C)c(=O)n3-c2ccc(OCc3ccccc3)nc2OCc2ccccc2)c1C. The number of hydrogen-bond acceptors (Lipinski definition) is 7. The second kappa shape index (κ2) is 13.2. The van der Waals surface area contributed by atoms with Crippen LogP contribution in [-0.2, 0) is 36.2 Å². The number of fused-ring (bicyclic) bond motifs is 1. The van der Waals surface area contributed by atoms with Crippen LogP contribution < -0.4 is 15.2 Å². The summed E-state index contributed by atoms with van der Waals surface area (Å²) in [6.07, 6.45) is 0.145. The summed E-state index contributed by atoms with van der Waals surface area (Å²) in [6, 6.07) is 28.9. The minimum atomic E-state index is -0.293. The van der Waals surface area contributed by atoms with Crippen LogP contribution in [0.25, 0.3) is 22.4 Å². The number of hydrogen-bond donors (Lipinski definition) is 0. The molecule has 3 heterocycles. The summed E-state index contributed by atoms with van der Waals surface area (Å²) in [5.74, 6) is 0.364. The Kier molecular flexibility index (Phi) is 8.69. The molecule has 0 amide bonds. The zero-order chi connectivity index (χ0) is 32.2. The molecule has 46 heavy (non-hydrogen) atoms. The van der Waals surface area contributed by atoms with Gasteiger partial charge in [-0.15, -0.1) is 0 Å². The van der Waals surface area contributed by atoms with Gasteiger partial charge in [0.1, 0.15) is 18.9 Å². The van der Waals surface area contributed by atoms with Gasteiger partial charge in [-0.2, -0.15) is 10.1 Å². The van der Waals surface area contributed by atoms with Crippen LogP contribution in [0, 0.1) is 13.8 Å². The van der Waals surface area contributed by atoms with Crippen molar-refractivity contribution in [2.45, 2.75) is 40.4 Å². The smallest absolute Gasteiger partial charge is 0.333 e. The number of benzene rings is 3. The molecule has 3 aromatic carbocycles. The first-order valence-corrected chi connectivity index (χ1v) is 15.1. The molecule has 0 N–H and O–H groups in total. The largest absolute Gasteiger partial charge is 0.473 e. The van der Waals surface area contributed by atoms with E-state index in [1.54, 1.807) is 39.9 Å². The van der Waals surface area contributed by atoms with E-state index in [1.807, 2.05) is 92.7 Å². The second-order valence-corrected chi connectivity index (χ2v) is 10.9. The first-order chi connectivity index (χ1) is 22.3. The van der Waals surface area contributed by atoms with E-state index in [1.165, 1.54) is 0 Å². The molecule has 10 heteroatoms. The lowest BCUT2D eigenvalue weighted by Crippen LogP contribution is -2.21. The number of rotatable bonds is 11. The molecule has 0 spiro atoms. The number of aromatic nitrogens is 5. The molecule has 0 aliphatic carbocycles. The van der Waals surface area contributed by atoms with Gasteiger partial charge in [-0.05, 0) is 56.2 Å². The Bertz CT molecular complexity index is 2060. The molecular weight excluding hydrogens is 582 g/mol. The third kappa shape index (κ3) is 6.14. The third-order valence-electron chi connectivity index (χ3n) is 7.86. The average Bonchev–Trinajstić information content (AvgIpc) is 3.49. The highest BCUT2D eigenvalue weighted by molar-refractivity contribution is 5.81. The van der Waals surface area contributed by atoms with Gasteiger partial charge in [-0.3, -0.25) is 13.9 Å². The molecule has 0 aliphatic heterocycles. The number of ether oxygens (including phenoxy) is 3. The summed E-state index contributed by atoms with van der Waals surface area (Å²) >= 11 is 0. The molecule has 0 saturated heterocycles. The maximum Gasteiger partial charge on any atom is 0.333 e. The fourth-order valence-electron chi connectivity index (χ4n) is 5.46. The second-order valence-electron chi connectivity index (χ2n) is 10.9. The van der Waals surface area contributed by atoms with E-state index in [0.29, 0.717) is 35.8 Å². The van der Waals surface area contributed by atoms with E-state index in [-0.39, 0.29) is 30.6 Å². The Morgan fingerprint density at radius 2 is 1.50 bits per heavy atom. The molecule has 0 saturated carbocycles.